The van der Waals surface area contributed by atoms with Gasteiger partial charge in [-0.25, -0.2) is 0 Å². The number of carbonyl (C=O) groups excluding carboxylic acids is 2. The summed E-state index contributed by atoms with van der Waals surface area (Å²) in [5.74, 6) is 0.0720. The van der Waals surface area contributed by atoms with Crippen LogP contribution in [0.4, 0.5) is 0 Å². The van der Waals surface area contributed by atoms with E-state index in [1.54, 1.807) is 0 Å². The van der Waals surface area contributed by atoms with Crippen molar-refractivity contribution in [1.29, 1.82) is 0 Å². The lowest BCUT2D eigenvalue weighted by atomic mass is 9.76. The molecule has 2 aliphatic rings. The van der Waals surface area contributed by atoms with Crippen LogP contribution in [0.1, 0.15) is 55.7 Å². The summed E-state index contributed by atoms with van der Waals surface area (Å²) in [7, 11) is 0. The van der Waals surface area contributed by atoms with Crippen LogP contribution in [0.3, 0.4) is 0 Å². The summed E-state index contributed by atoms with van der Waals surface area (Å²) in [6.07, 6.45) is 6.61. The van der Waals surface area contributed by atoms with E-state index in [4.69, 9.17) is 4.74 Å². The van der Waals surface area contributed by atoms with Crippen LogP contribution in [-0.2, 0) is 20.9 Å². The summed E-state index contributed by atoms with van der Waals surface area (Å²) in [6, 6.07) is 21.1. The fourth-order valence-corrected chi connectivity index (χ4v) is 5.28. The van der Waals surface area contributed by atoms with Crippen molar-refractivity contribution in [3.8, 4) is 0 Å². The summed E-state index contributed by atoms with van der Waals surface area (Å²) in [5, 5.41) is 0. The van der Waals surface area contributed by atoms with Gasteiger partial charge in [-0.15, -0.1) is 0 Å². The Morgan fingerprint density at radius 1 is 1.00 bits per heavy atom. The summed E-state index contributed by atoms with van der Waals surface area (Å²) >= 11 is 0. The molecule has 2 fully saturated rings. The fourth-order valence-electron chi connectivity index (χ4n) is 5.28. The van der Waals surface area contributed by atoms with Crippen LogP contribution in [0.2, 0.25) is 0 Å². The number of carbonyl (C=O) groups is 2. The van der Waals surface area contributed by atoms with Crippen molar-refractivity contribution >= 4 is 12.3 Å². The summed E-state index contributed by atoms with van der Waals surface area (Å²) in [5.41, 5.74) is 2.35. The lowest BCUT2D eigenvalue weighted by Gasteiger charge is -2.41. The average molecular weight is 406 g/mol. The Morgan fingerprint density at radius 3 is 2.47 bits per heavy atom. The lowest BCUT2D eigenvalue weighted by Crippen LogP contribution is -2.44. The first kappa shape index (κ1) is 20.8. The van der Waals surface area contributed by atoms with E-state index in [9.17, 15) is 9.59 Å². The van der Waals surface area contributed by atoms with Gasteiger partial charge in [0.25, 0.3) is 0 Å². The monoisotopic (exact) mass is 405 g/mol. The summed E-state index contributed by atoms with van der Waals surface area (Å²) < 4.78 is 5.46. The molecule has 2 aromatic carbocycles. The van der Waals surface area contributed by atoms with Gasteiger partial charge in [-0.05, 0) is 55.7 Å². The standard InChI is InChI=1S/C26H31NO3/c28-18-23-16-21(17-26(29)30-19-20-8-3-1-4-9-20)13-14-25(23)27-15-7-12-24(27)22-10-5-2-6-11-22/h1-6,8-11,18,21,23-25H,7,12-17,19H2/t21?,23-,24?,25-/m0/s1. The fraction of sp³-hybridized carbons (Fsp3) is 0.462. The highest BCUT2D eigenvalue weighted by Crippen LogP contribution is 2.41. The van der Waals surface area contributed by atoms with Crippen LogP contribution in [0.5, 0.6) is 0 Å². The lowest BCUT2D eigenvalue weighted by molar-refractivity contribution is -0.147. The molecule has 0 aromatic heterocycles. The van der Waals surface area contributed by atoms with E-state index < -0.39 is 0 Å². The SMILES string of the molecule is O=C[C@@H]1CC(CC(=O)OCc2ccccc2)CC[C@@H]1N1CCCC1c1ccccc1. The van der Waals surface area contributed by atoms with Crippen LogP contribution in [-0.4, -0.2) is 29.7 Å². The molecule has 1 saturated heterocycles. The largest absolute Gasteiger partial charge is 0.461 e. The predicted octanol–water partition coefficient (Wildman–Crippen LogP) is 4.94. The Kier molecular flexibility index (Phi) is 6.96. The molecule has 158 valence electrons. The third kappa shape index (κ3) is 4.99. The molecule has 2 aromatic rings. The highest BCUT2D eigenvalue weighted by molar-refractivity contribution is 5.70. The van der Waals surface area contributed by atoms with Gasteiger partial charge in [-0.3, -0.25) is 9.69 Å². The maximum absolute atomic E-state index is 12.3. The summed E-state index contributed by atoms with van der Waals surface area (Å²) in [6.45, 7) is 1.37. The van der Waals surface area contributed by atoms with Gasteiger partial charge in [0, 0.05) is 24.4 Å². The van der Waals surface area contributed by atoms with Gasteiger partial charge in [-0.1, -0.05) is 60.7 Å². The number of aldehydes is 1. The normalized spacial score (nSPS) is 26.9. The molecule has 1 saturated carbocycles. The van der Waals surface area contributed by atoms with E-state index in [1.807, 2.05) is 30.3 Å². The van der Waals surface area contributed by atoms with Crippen LogP contribution in [0, 0.1) is 11.8 Å². The molecular weight excluding hydrogens is 374 g/mol. The highest BCUT2D eigenvalue weighted by atomic mass is 16.5. The molecule has 4 nitrogen and oxygen atoms in total. The Hall–Kier alpha value is -2.46. The van der Waals surface area contributed by atoms with Crippen molar-refractivity contribution in [2.24, 2.45) is 11.8 Å². The van der Waals surface area contributed by atoms with Crippen molar-refractivity contribution < 1.29 is 14.3 Å². The van der Waals surface area contributed by atoms with Gasteiger partial charge in [0.15, 0.2) is 0 Å². The second-order valence-electron chi connectivity index (χ2n) is 8.70. The number of nitrogens with zero attached hydrogens (tertiary/aromatic N) is 1. The zero-order valence-electron chi connectivity index (χ0n) is 17.5. The minimum Gasteiger partial charge on any atom is -0.461 e. The number of rotatable bonds is 7. The minimum absolute atomic E-state index is 0.00464. The first-order chi connectivity index (χ1) is 14.7. The number of ether oxygens (including phenoxy) is 1. The Morgan fingerprint density at radius 2 is 1.73 bits per heavy atom. The molecular formula is C26H31NO3. The van der Waals surface area contributed by atoms with Crippen LogP contribution < -0.4 is 0 Å². The Balaban J connectivity index is 1.32. The zero-order chi connectivity index (χ0) is 20.8. The highest BCUT2D eigenvalue weighted by Gasteiger charge is 2.39. The van der Waals surface area contributed by atoms with E-state index in [0.717, 1.165) is 44.1 Å². The number of benzene rings is 2. The van der Waals surface area contributed by atoms with E-state index in [2.05, 4.69) is 35.2 Å². The van der Waals surface area contributed by atoms with Crippen molar-refractivity contribution in [3.05, 3.63) is 71.8 Å². The maximum Gasteiger partial charge on any atom is 0.306 e. The molecule has 4 rings (SSSR count). The second kappa shape index (κ2) is 10.0. The molecule has 4 atom stereocenters. The second-order valence-corrected chi connectivity index (χ2v) is 8.70. The van der Waals surface area contributed by atoms with Crippen molar-refractivity contribution in [2.45, 2.75) is 57.2 Å². The third-order valence-electron chi connectivity index (χ3n) is 6.75. The maximum atomic E-state index is 12.3. The van der Waals surface area contributed by atoms with E-state index in [0.29, 0.717) is 19.1 Å². The van der Waals surface area contributed by atoms with Gasteiger partial charge in [0.2, 0.25) is 0 Å². The molecule has 2 unspecified atom stereocenters. The first-order valence-electron chi connectivity index (χ1n) is 11.2. The quantitative estimate of drug-likeness (QED) is 0.483. The average Bonchev–Trinajstić information content (AvgIpc) is 3.28. The molecule has 0 spiro atoms. The summed E-state index contributed by atoms with van der Waals surface area (Å²) in [4.78, 5) is 26.9. The van der Waals surface area contributed by atoms with Gasteiger partial charge in [-0.2, -0.15) is 0 Å². The molecule has 0 amide bonds. The molecule has 0 radical (unpaired) electrons. The van der Waals surface area contributed by atoms with Crippen LogP contribution in [0.15, 0.2) is 60.7 Å². The van der Waals surface area contributed by atoms with Crippen molar-refractivity contribution in [1.82, 2.24) is 4.90 Å². The number of hydrogen-bond acceptors (Lipinski definition) is 4. The molecule has 30 heavy (non-hydrogen) atoms. The number of likely N-dealkylation sites (tertiary alicyclic amines) is 1. The number of hydrogen-bond donors (Lipinski definition) is 0. The Labute approximate surface area is 179 Å². The first-order valence-corrected chi connectivity index (χ1v) is 11.2. The van der Waals surface area contributed by atoms with Gasteiger partial charge >= 0.3 is 5.97 Å². The smallest absolute Gasteiger partial charge is 0.306 e. The van der Waals surface area contributed by atoms with Crippen LogP contribution in [0.25, 0.3) is 0 Å². The van der Waals surface area contributed by atoms with Crippen molar-refractivity contribution in [3.63, 3.8) is 0 Å². The Bertz CT molecular complexity index is 823. The topological polar surface area (TPSA) is 46.6 Å². The predicted molar refractivity (Wildman–Crippen MR) is 117 cm³/mol. The molecule has 4 heteroatoms. The molecule has 1 aliphatic heterocycles. The van der Waals surface area contributed by atoms with Crippen molar-refractivity contribution in [2.75, 3.05) is 6.54 Å². The van der Waals surface area contributed by atoms with Gasteiger partial charge in [0.05, 0.1) is 0 Å². The van der Waals surface area contributed by atoms with E-state index in [1.165, 1.54) is 12.0 Å². The zero-order valence-corrected chi connectivity index (χ0v) is 17.5. The molecule has 1 heterocycles. The molecule has 1 aliphatic carbocycles. The molecule has 0 N–H and O–H groups in total. The molecule has 0 bridgehead atoms. The van der Waals surface area contributed by atoms with Crippen LogP contribution >= 0.6 is 0 Å². The minimum atomic E-state index is -0.157. The number of esters is 1. The van der Waals surface area contributed by atoms with E-state index >= 15 is 0 Å². The van der Waals surface area contributed by atoms with Gasteiger partial charge < -0.3 is 9.53 Å². The third-order valence-corrected chi connectivity index (χ3v) is 6.75. The van der Waals surface area contributed by atoms with E-state index in [-0.39, 0.29) is 23.8 Å². The van der Waals surface area contributed by atoms with Gasteiger partial charge in [0.1, 0.15) is 12.9 Å².